The molecule has 0 unspecified atom stereocenters. The lowest BCUT2D eigenvalue weighted by Crippen LogP contribution is -2.41. The first-order valence-corrected chi connectivity index (χ1v) is 13.4. The lowest BCUT2D eigenvalue weighted by molar-refractivity contribution is -0.191. The van der Waals surface area contributed by atoms with Crippen LogP contribution in [-0.4, -0.2) is 74.1 Å². The number of morpholine rings is 2. The number of benzene rings is 2. The fraction of sp³-hybridized carbons (Fsp3) is 0.345. The number of ether oxygens (including phenoxy) is 2. The lowest BCUT2D eigenvalue weighted by Gasteiger charge is -2.29. The van der Waals surface area contributed by atoms with Gasteiger partial charge in [-0.3, -0.25) is 4.79 Å². The zero-order valence-corrected chi connectivity index (χ0v) is 23.3. The van der Waals surface area contributed by atoms with Gasteiger partial charge in [-0.1, -0.05) is 6.92 Å². The zero-order valence-electron chi connectivity index (χ0n) is 23.3. The second kappa shape index (κ2) is 14.3. The van der Waals surface area contributed by atoms with Crippen molar-refractivity contribution in [1.29, 1.82) is 0 Å². The smallest absolute Gasteiger partial charge is 0.373 e. The quantitative estimate of drug-likeness (QED) is 0.450. The second-order valence-corrected chi connectivity index (χ2v) is 9.40. The summed E-state index contributed by atoms with van der Waals surface area (Å²) in [6.07, 6.45) is 0.948. The van der Waals surface area contributed by atoms with Crippen molar-refractivity contribution in [3.8, 4) is 11.4 Å². The highest BCUT2D eigenvalue weighted by Crippen LogP contribution is 2.29. The van der Waals surface area contributed by atoms with Crippen LogP contribution < -0.4 is 20.4 Å². The molecule has 0 aliphatic carbocycles. The van der Waals surface area contributed by atoms with E-state index in [1.54, 1.807) is 41.3 Å². The summed E-state index contributed by atoms with van der Waals surface area (Å²) in [6.45, 7) is 7.70. The van der Waals surface area contributed by atoms with Gasteiger partial charge in [-0.2, -0.15) is 9.59 Å². The molecule has 0 radical (unpaired) electrons. The van der Waals surface area contributed by atoms with Crippen molar-refractivity contribution in [2.24, 2.45) is 0 Å². The number of amides is 3. The normalized spacial score (nSPS) is 14.9. The van der Waals surface area contributed by atoms with Gasteiger partial charge in [0.25, 0.3) is 5.91 Å². The minimum Gasteiger partial charge on any atom is -0.378 e. The van der Waals surface area contributed by atoms with Gasteiger partial charge in [0.1, 0.15) is 18.2 Å². The summed E-state index contributed by atoms with van der Waals surface area (Å²) >= 11 is 0. The molecule has 220 valence electrons. The first-order chi connectivity index (χ1) is 20.3. The number of aryl methyl sites for hydroxylation is 1. The predicted octanol–water partition coefficient (Wildman–Crippen LogP) is 3.41. The molecule has 5 rings (SSSR count). The maximum Gasteiger partial charge on any atom is 0.373 e. The van der Waals surface area contributed by atoms with Gasteiger partial charge < -0.3 is 29.9 Å². The third-order valence-corrected chi connectivity index (χ3v) is 6.76. The fourth-order valence-corrected chi connectivity index (χ4v) is 4.68. The van der Waals surface area contributed by atoms with Crippen LogP contribution in [0.4, 0.5) is 32.1 Å². The Labute approximate surface area is 241 Å². The van der Waals surface area contributed by atoms with Crippen LogP contribution in [0.3, 0.4) is 0 Å². The van der Waals surface area contributed by atoms with E-state index in [1.165, 1.54) is 6.07 Å². The number of aromatic nitrogens is 2. The first kappa shape index (κ1) is 30.3. The highest BCUT2D eigenvalue weighted by Gasteiger charge is 2.21. The van der Waals surface area contributed by atoms with E-state index < -0.39 is 11.8 Å². The van der Waals surface area contributed by atoms with Crippen molar-refractivity contribution >= 4 is 41.0 Å². The van der Waals surface area contributed by atoms with Crippen molar-refractivity contribution in [3.05, 3.63) is 59.5 Å². The third-order valence-electron chi connectivity index (χ3n) is 6.76. The van der Waals surface area contributed by atoms with Gasteiger partial charge in [-0.25, -0.2) is 19.2 Å². The molecule has 42 heavy (non-hydrogen) atoms. The molecule has 0 atom stereocenters. The number of urea groups is 1. The summed E-state index contributed by atoms with van der Waals surface area (Å²) < 4.78 is 25.9. The van der Waals surface area contributed by atoms with Crippen molar-refractivity contribution in [3.63, 3.8) is 0 Å². The van der Waals surface area contributed by atoms with Crippen LogP contribution >= 0.6 is 0 Å². The molecule has 2 aliphatic heterocycles. The Balaban J connectivity index is 0.00000129. The minimum absolute atomic E-state index is 0.0581. The van der Waals surface area contributed by atoms with Crippen LogP contribution in [0.25, 0.3) is 11.4 Å². The van der Waals surface area contributed by atoms with Gasteiger partial charge >= 0.3 is 12.2 Å². The monoisotopic (exact) mass is 578 g/mol. The summed E-state index contributed by atoms with van der Waals surface area (Å²) in [4.78, 5) is 54.0. The summed E-state index contributed by atoms with van der Waals surface area (Å²) in [7, 11) is 0. The largest absolute Gasteiger partial charge is 0.378 e. The van der Waals surface area contributed by atoms with Gasteiger partial charge in [-0.05, 0) is 55.8 Å². The fourth-order valence-electron chi connectivity index (χ4n) is 4.68. The second-order valence-electron chi connectivity index (χ2n) is 9.40. The number of nitrogens with zero attached hydrogens (tertiary/aromatic N) is 4. The molecule has 12 nitrogen and oxygen atoms in total. The Kier molecular flexibility index (Phi) is 10.3. The molecule has 2 saturated heterocycles. The van der Waals surface area contributed by atoms with Gasteiger partial charge in [0.2, 0.25) is 0 Å². The standard InChI is InChI=1S/C28H31FN6O4.CO2/c1-3-24-18(2)27(34-10-13-38-14-11-34)33-26(32-24)22-9-6-20(16-23(22)29)31-28(37)30-19-4-7-21(8-5-19)35-12-15-39-17-25(35)36;2-1-3/h4-9,16H,3,10-15,17H2,1-2H3,(H2,30,31,37);. The molecule has 1 aromatic heterocycles. The summed E-state index contributed by atoms with van der Waals surface area (Å²) in [6, 6.07) is 10.8. The molecular formula is C29H31FN6O6. The molecule has 3 aromatic rings. The molecule has 0 saturated carbocycles. The number of halogens is 1. The average molecular weight is 579 g/mol. The van der Waals surface area contributed by atoms with Crippen molar-refractivity contribution in [1.82, 2.24) is 9.97 Å². The van der Waals surface area contributed by atoms with Crippen LogP contribution in [0, 0.1) is 12.7 Å². The number of carbonyl (C=O) groups is 2. The first-order valence-electron chi connectivity index (χ1n) is 13.4. The summed E-state index contributed by atoms with van der Waals surface area (Å²) in [5.74, 6) is 0.465. The molecule has 3 heterocycles. The molecular weight excluding hydrogens is 547 g/mol. The molecule has 3 amide bonds. The predicted molar refractivity (Wildman–Crippen MR) is 152 cm³/mol. The number of rotatable bonds is 6. The SMILES string of the molecule is CCc1nc(-c2ccc(NC(=O)Nc3ccc(N4CCOCC4=O)cc3)cc2F)nc(N2CCOCC2)c1C.O=C=O. The number of anilines is 4. The van der Waals surface area contributed by atoms with Gasteiger partial charge in [-0.15, -0.1) is 0 Å². The third kappa shape index (κ3) is 7.32. The van der Waals surface area contributed by atoms with E-state index in [0.29, 0.717) is 50.0 Å². The van der Waals surface area contributed by atoms with E-state index in [2.05, 4.69) is 20.5 Å². The van der Waals surface area contributed by atoms with E-state index in [-0.39, 0.29) is 24.2 Å². The molecule has 0 bridgehead atoms. The van der Waals surface area contributed by atoms with Crippen molar-refractivity contribution < 1.29 is 33.0 Å². The van der Waals surface area contributed by atoms with Crippen LogP contribution in [0.1, 0.15) is 18.2 Å². The van der Waals surface area contributed by atoms with Gasteiger partial charge in [0, 0.05) is 48.0 Å². The Bertz CT molecular complexity index is 1460. The Morgan fingerprint density at radius 2 is 1.62 bits per heavy atom. The summed E-state index contributed by atoms with van der Waals surface area (Å²) in [5, 5.41) is 5.38. The van der Waals surface area contributed by atoms with Crippen LogP contribution in [-0.2, 0) is 30.3 Å². The Morgan fingerprint density at radius 1 is 0.976 bits per heavy atom. The van der Waals surface area contributed by atoms with E-state index in [1.807, 2.05) is 13.8 Å². The summed E-state index contributed by atoms with van der Waals surface area (Å²) in [5.41, 5.74) is 3.67. The van der Waals surface area contributed by atoms with Crippen molar-refractivity contribution in [2.75, 3.05) is 66.5 Å². The molecule has 2 aliphatic rings. The van der Waals surface area contributed by atoms with Crippen LogP contribution in [0.5, 0.6) is 0 Å². The Morgan fingerprint density at radius 3 is 2.26 bits per heavy atom. The van der Waals surface area contributed by atoms with Gasteiger partial charge in [0.05, 0.1) is 25.4 Å². The zero-order chi connectivity index (χ0) is 30.1. The lowest BCUT2D eigenvalue weighted by atomic mass is 10.1. The number of hydrogen-bond donors (Lipinski definition) is 2. The number of nitrogens with one attached hydrogen (secondary N) is 2. The van der Waals surface area contributed by atoms with E-state index >= 15 is 4.39 Å². The number of carbonyl (C=O) groups excluding carboxylic acids is 4. The Hall–Kier alpha value is -4.71. The van der Waals surface area contributed by atoms with E-state index in [0.717, 1.165) is 35.9 Å². The topological polar surface area (TPSA) is 143 Å². The molecule has 13 heteroatoms. The average Bonchev–Trinajstić information content (AvgIpc) is 2.99. The molecule has 0 spiro atoms. The molecule has 2 aromatic carbocycles. The number of hydrogen-bond acceptors (Lipinski definition) is 9. The van der Waals surface area contributed by atoms with Gasteiger partial charge in [0.15, 0.2) is 5.82 Å². The molecule has 2 N–H and O–H groups in total. The maximum absolute atomic E-state index is 15.2. The maximum atomic E-state index is 15.2. The van der Waals surface area contributed by atoms with E-state index in [4.69, 9.17) is 24.0 Å². The highest BCUT2D eigenvalue weighted by molar-refractivity contribution is 6.00. The van der Waals surface area contributed by atoms with Crippen LogP contribution in [0.15, 0.2) is 42.5 Å². The van der Waals surface area contributed by atoms with Crippen molar-refractivity contribution in [2.45, 2.75) is 20.3 Å². The minimum atomic E-state index is -0.536. The molecule has 2 fully saturated rings. The van der Waals surface area contributed by atoms with E-state index in [9.17, 15) is 9.59 Å². The van der Waals surface area contributed by atoms with Crippen LogP contribution in [0.2, 0.25) is 0 Å². The highest BCUT2D eigenvalue weighted by atomic mass is 19.1.